The summed E-state index contributed by atoms with van der Waals surface area (Å²) in [5.41, 5.74) is 2.46. The van der Waals surface area contributed by atoms with E-state index in [1.807, 2.05) is 25.1 Å². The summed E-state index contributed by atoms with van der Waals surface area (Å²) < 4.78 is 0. The van der Waals surface area contributed by atoms with E-state index in [4.69, 9.17) is 11.6 Å². The van der Waals surface area contributed by atoms with Crippen LogP contribution in [-0.2, 0) is 0 Å². The molecule has 0 fully saturated rings. The maximum Gasteiger partial charge on any atom is 0.344 e. The number of hydrogen-bond donors (Lipinski definition) is 1. The highest BCUT2D eigenvalue weighted by Crippen LogP contribution is 2.23. The van der Waals surface area contributed by atoms with Crippen molar-refractivity contribution in [2.45, 2.75) is 6.92 Å². The molecule has 0 aliphatic carbocycles. The van der Waals surface area contributed by atoms with Crippen LogP contribution < -0.4 is 5.69 Å². The summed E-state index contributed by atoms with van der Waals surface area (Å²) in [6.07, 6.45) is 3.15. The molecule has 0 aliphatic rings. The Morgan fingerprint density at radius 1 is 1.33 bits per heavy atom. The summed E-state index contributed by atoms with van der Waals surface area (Å²) in [6.45, 7) is 1.94. The Hall–Kier alpha value is -1.61. The van der Waals surface area contributed by atoms with Gasteiger partial charge in [-0.05, 0) is 24.1 Å². The zero-order valence-electron chi connectivity index (χ0n) is 8.12. The first-order chi connectivity index (χ1) is 7.16. The second kappa shape index (κ2) is 3.87. The maximum absolute atomic E-state index is 10.8. The number of nitrogens with zero attached hydrogens (tertiary/aromatic N) is 1. The Balaban J connectivity index is 2.50. The van der Waals surface area contributed by atoms with Crippen molar-refractivity contribution in [2.75, 3.05) is 0 Å². The van der Waals surface area contributed by atoms with Crippen molar-refractivity contribution < 1.29 is 0 Å². The van der Waals surface area contributed by atoms with Gasteiger partial charge in [0.25, 0.3) is 0 Å². The maximum atomic E-state index is 10.8. The van der Waals surface area contributed by atoms with Gasteiger partial charge in [-0.25, -0.2) is 9.78 Å². The van der Waals surface area contributed by atoms with Crippen molar-refractivity contribution in [3.8, 4) is 11.1 Å². The lowest BCUT2D eigenvalue weighted by atomic mass is 10.1. The van der Waals surface area contributed by atoms with Crippen LogP contribution in [0, 0.1) is 6.92 Å². The van der Waals surface area contributed by atoms with Crippen LogP contribution in [-0.4, -0.2) is 9.97 Å². The minimum absolute atomic E-state index is 0.350. The minimum Gasteiger partial charge on any atom is -0.312 e. The molecule has 0 spiro atoms. The molecule has 3 nitrogen and oxygen atoms in total. The summed E-state index contributed by atoms with van der Waals surface area (Å²) in [4.78, 5) is 17.0. The second-order valence-electron chi connectivity index (χ2n) is 3.27. The van der Waals surface area contributed by atoms with Gasteiger partial charge < -0.3 is 4.98 Å². The zero-order chi connectivity index (χ0) is 10.8. The average molecular weight is 221 g/mol. The van der Waals surface area contributed by atoms with E-state index >= 15 is 0 Å². The molecule has 1 aromatic heterocycles. The van der Waals surface area contributed by atoms with Crippen molar-refractivity contribution >= 4 is 11.6 Å². The Morgan fingerprint density at radius 3 is 2.73 bits per heavy atom. The molecule has 0 bridgehead atoms. The highest BCUT2D eigenvalue weighted by atomic mass is 35.5. The molecule has 2 aromatic rings. The van der Waals surface area contributed by atoms with Crippen LogP contribution in [0.5, 0.6) is 0 Å². The van der Waals surface area contributed by atoms with Crippen molar-refractivity contribution in [1.29, 1.82) is 0 Å². The van der Waals surface area contributed by atoms with E-state index in [1.54, 1.807) is 6.20 Å². The quantitative estimate of drug-likeness (QED) is 0.802. The molecule has 76 valence electrons. The summed E-state index contributed by atoms with van der Waals surface area (Å²) in [5.74, 6) is 0. The van der Waals surface area contributed by atoms with Crippen LogP contribution in [0.25, 0.3) is 11.1 Å². The predicted molar refractivity (Wildman–Crippen MR) is 60.0 cm³/mol. The van der Waals surface area contributed by atoms with Gasteiger partial charge >= 0.3 is 5.69 Å². The first-order valence-corrected chi connectivity index (χ1v) is 4.86. The number of benzene rings is 1. The van der Waals surface area contributed by atoms with E-state index in [0.717, 1.165) is 16.7 Å². The SMILES string of the molecule is Cc1ccc(-c2cnc(=O)[nH]c2)cc1Cl. The van der Waals surface area contributed by atoms with Gasteiger partial charge in [0.2, 0.25) is 0 Å². The zero-order valence-corrected chi connectivity index (χ0v) is 8.88. The summed E-state index contributed by atoms with van der Waals surface area (Å²) in [7, 11) is 0. The van der Waals surface area contributed by atoms with Crippen molar-refractivity contribution in [3.63, 3.8) is 0 Å². The van der Waals surface area contributed by atoms with Gasteiger partial charge in [0, 0.05) is 23.0 Å². The molecule has 0 saturated heterocycles. The molecule has 0 radical (unpaired) electrons. The van der Waals surface area contributed by atoms with E-state index in [2.05, 4.69) is 9.97 Å². The van der Waals surface area contributed by atoms with Crippen LogP contribution >= 0.6 is 11.6 Å². The average Bonchev–Trinajstić information content (AvgIpc) is 2.23. The standard InChI is InChI=1S/C11H9ClN2O/c1-7-2-3-8(4-10(7)12)9-5-13-11(15)14-6-9/h2-6H,1H3,(H,13,14,15). The highest BCUT2D eigenvalue weighted by Gasteiger charge is 2.01. The lowest BCUT2D eigenvalue weighted by molar-refractivity contribution is 1.08. The van der Waals surface area contributed by atoms with E-state index in [-0.39, 0.29) is 5.69 Å². The lowest BCUT2D eigenvalue weighted by Gasteiger charge is -2.02. The largest absolute Gasteiger partial charge is 0.344 e. The van der Waals surface area contributed by atoms with Crippen LogP contribution in [0.4, 0.5) is 0 Å². The van der Waals surface area contributed by atoms with Crippen LogP contribution in [0.3, 0.4) is 0 Å². The molecule has 4 heteroatoms. The molecule has 1 N–H and O–H groups in total. The number of nitrogens with one attached hydrogen (secondary N) is 1. The van der Waals surface area contributed by atoms with Gasteiger partial charge in [-0.3, -0.25) is 0 Å². The van der Waals surface area contributed by atoms with Crippen LogP contribution in [0.1, 0.15) is 5.56 Å². The summed E-state index contributed by atoms with van der Waals surface area (Å²) in [5, 5.41) is 0.707. The minimum atomic E-state index is -0.350. The first kappa shape index (κ1) is 9.93. The fraction of sp³-hybridized carbons (Fsp3) is 0.0909. The molecule has 0 amide bonds. The molecular weight excluding hydrogens is 212 g/mol. The molecule has 1 heterocycles. The van der Waals surface area contributed by atoms with Gasteiger partial charge in [-0.2, -0.15) is 0 Å². The Bertz CT molecular complexity index is 528. The van der Waals surface area contributed by atoms with Crippen LogP contribution in [0.15, 0.2) is 35.4 Å². The Kier molecular flexibility index (Phi) is 2.56. The number of aryl methyl sites for hydroxylation is 1. The van der Waals surface area contributed by atoms with Gasteiger partial charge in [0.05, 0.1) is 0 Å². The Morgan fingerprint density at radius 2 is 2.13 bits per heavy atom. The molecule has 15 heavy (non-hydrogen) atoms. The number of hydrogen-bond acceptors (Lipinski definition) is 2. The third kappa shape index (κ3) is 2.07. The van der Waals surface area contributed by atoms with E-state index in [9.17, 15) is 4.79 Å². The predicted octanol–water partition coefficient (Wildman–Crippen LogP) is 2.40. The van der Waals surface area contributed by atoms with E-state index < -0.39 is 0 Å². The third-order valence-corrected chi connectivity index (χ3v) is 2.58. The molecule has 0 atom stereocenters. The molecule has 2 rings (SSSR count). The first-order valence-electron chi connectivity index (χ1n) is 4.48. The van der Waals surface area contributed by atoms with Crippen molar-refractivity contribution in [1.82, 2.24) is 9.97 Å². The van der Waals surface area contributed by atoms with Gasteiger partial charge in [0.1, 0.15) is 0 Å². The van der Waals surface area contributed by atoms with Crippen molar-refractivity contribution in [3.05, 3.63) is 51.7 Å². The smallest absolute Gasteiger partial charge is 0.312 e. The number of H-pyrrole nitrogens is 1. The molecule has 0 unspecified atom stereocenters. The summed E-state index contributed by atoms with van der Waals surface area (Å²) in [6, 6.07) is 5.73. The number of aromatic nitrogens is 2. The summed E-state index contributed by atoms with van der Waals surface area (Å²) >= 11 is 6.00. The highest BCUT2D eigenvalue weighted by molar-refractivity contribution is 6.31. The number of aromatic amines is 1. The Labute approximate surface area is 91.8 Å². The fourth-order valence-corrected chi connectivity index (χ4v) is 1.45. The molecule has 0 saturated carbocycles. The fourth-order valence-electron chi connectivity index (χ4n) is 1.27. The second-order valence-corrected chi connectivity index (χ2v) is 3.68. The van der Waals surface area contributed by atoms with Crippen molar-refractivity contribution in [2.24, 2.45) is 0 Å². The monoisotopic (exact) mass is 220 g/mol. The van der Waals surface area contributed by atoms with Crippen LogP contribution in [0.2, 0.25) is 5.02 Å². The van der Waals surface area contributed by atoms with Gasteiger partial charge in [0.15, 0.2) is 0 Å². The van der Waals surface area contributed by atoms with Gasteiger partial charge in [-0.15, -0.1) is 0 Å². The number of rotatable bonds is 1. The lowest BCUT2D eigenvalue weighted by Crippen LogP contribution is -2.07. The van der Waals surface area contributed by atoms with Gasteiger partial charge in [-0.1, -0.05) is 23.7 Å². The molecule has 1 aromatic carbocycles. The normalized spacial score (nSPS) is 10.3. The number of halogens is 1. The van der Waals surface area contributed by atoms with E-state index in [0.29, 0.717) is 5.02 Å². The van der Waals surface area contributed by atoms with E-state index in [1.165, 1.54) is 6.20 Å². The molecular formula is C11H9ClN2O. The molecule has 0 aliphatic heterocycles. The topological polar surface area (TPSA) is 45.8 Å². The third-order valence-electron chi connectivity index (χ3n) is 2.18.